The molecule has 1 aromatic carbocycles. The first-order valence-corrected chi connectivity index (χ1v) is 8.42. The highest BCUT2D eigenvalue weighted by molar-refractivity contribution is 5.99. The van der Waals surface area contributed by atoms with E-state index in [1.165, 1.54) is 4.57 Å². The molecule has 0 saturated carbocycles. The lowest BCUT2D eigenvalue weighted by Gasteiger charge is -2.25. The Labute approximate surface area is 150 Å². The van der Waals surface area contributed by atoms with Crippen molar-refractivity contribution >= 4 is 17.4 Å². The number of hydrogen-bond donors (Lipinski definition) is 2. The summed E-state index contributed by atoms with van der Waals surface area (Å²) in [4.78, 5) is 27.8. The number of fused-ring (bicyclic) bond motifs is 1. The number of aromatic carboxylic acids is 1. The Morgan fingerprint density at radius 1 is 1.42 bits per heavy atom. The van der Waals surface area contributed by atoms with Gasteiger partial charge in [-0.2, -0.15) is 5.10 Å². The van der Waals surface area contributed by atoms with E-state index in [9.17, 15) is 9.59 Å². The zero-order valence-corrected chi connectivity index (χ0v) is 14.6. The highest BCUT2D eigenvalue weighted by Gasteiger charge is 2.26. The maximum absolute atomic E-state index is 12.4. The van der Waals surface area contributed by atoms with Crippen molar-refractivity contribution in [1.82, 2.24) is 9.55 Å². The van der Waals surface area contributed by atoms with Crippen molar-refractivity contribution in [2.24, 2.45) is 5.10 Å². The van der Waals surface area contributed by atoms with E-state index in [-0.39, 0.29) is 11.6 Å². The molecule has 0 spiro atoms. The Kier molecular flexibility index (Phi) is 5.01. The molecule has 8 heteroatoms. The number of hydrogen-bond acceptors (Lipinski definition) is 6. The fourth-order valence-corrected chi connectivity index (χ4v) is 2.86. The highest BCUT2D eigenvalue weighted by atomic mass is 16.5. The summed E-state index contributed by atoms with van der Waals surface area (Å²) < 4.78 is 6.81. The Morgan fingerprint density at radius 2 is 2.15 bits per heavy atom. The molecular formula is C18H20N4O4. The third-order valence-electron chi connectivity index (χ3n) is 4.21. The number of carboxylic acid groups (broad SMARTS) is 1. The van der Waals surface area contributed by atoms with Crippen LogP contribution in [0.5, 0.6) is 5.75 Å². The number of aromatic nitrogens is 2. The molecule has 2 aromatic rings. The van der Waals surface area contributed by atoms with Crippen LogP contribution in [0.4, 0.5) is 5.69 Å². The van der Waals surface area contributed by atoms with Crippen LogP contribution in [0.1, 0.15) is 48.9 Å². The van der Waals surface area contributed by atoms with E-state index in [1.54, 1.807) is 0 Å². The van der Waals surface area contributed by atoms with E-state index in [0.29, 0.717) is 31.0 Å². The van der Waals surface area contributed by atoms with Gasteiger partial charge in [0.15, 0.2) is 5.82 Å². The largest absolute Gasteiger partial charge is 0.494 e. The first kappa shape index (κ1) is 17.7. The normalized spacial score (nSPS) is 17.6. The van der Waals surface area contributed by atoms with Gasteiger partial charge < -0.3 is 9.84 Å². The molecule has 0 unspecified atom stereocenters. The monoisotopic (exact) mass is 356 g/mol. The van der Waals surface area contributed by atoms with Crippen molar-refractivity contribution in [3.05, 3.63) is 52.2 Å². The summed E-state index contributed by atoms with van der Waals surface area (Å²) in [6.07, 6.45) is 2.42. The van der Waals surface area contributed by atoms with Crippen molar-refractivity contribution in [2.75, 3.05) is 12.0 Å². The number of hydrazone groups is 1. The number of anilines is 1. The Hall–Kier alpha value is -3.16. The third kappa shape index (κ3) is 3.44. The SMILES string of the molecule is CCOc1ccc(N/N=C2\CC[C@H](C)n3c2ncc(C(=O)O)c3=O)cc1. The fraction of sp³-hybridized carbons (Fsp3) is 0.333. The number of carboxylic acids is 1. The fourth-order valence-electron chi connectivity index (χ4n) is 2.86. The highest BCUT2D eigenvalue weighted by Crippen LogP contribution is 2.22. The number of rotatable bonds is 5. The first-order chi connectivity index (χ1) is 12.5. The van der Waals surface area contributed by atoms with Gasteiger partial charge >= 0.3 is 5.97 Å². The standard InChI is InChI=1S/C18H20N4O4/c1-3-26-13-7-5-12(6-8-13)20-21-15-9-4-11(2)22-16(15)19-10-14(17(22)23)18(24)25/h5-8,10-11,20H,3-4,9H2,1-2H3,(H,24,25)/b21-15+/t11-/m0/s1. The minimum Gasteiger partial charge on any atom is -0.494 e. The van der Waals surface area contributed by atoms with Gasteiger partial charge in [-0.3, -0.25) is 14.8 Å². The minimum atomic E-state index is -1.28. The molecular weight excluding hydrogens is 336 g/mol. The summed E-state index contributed by atoms with van der Waals surface area (Å²) in [7, 11) is 0. The van der Waals surface area contributed by atoms with Crippen LogP contribution in [0.2, 0.25) is 0 Å². The second-order valence-corrected chi connectivity index (χ2v) is 5.99. The number of nitrogens with one attached hydrogen (secondary N) is 1. The van der Waals surface area contributed by atoms with E-state index >= 15 is 0 Å². The topological polar surface area (TPSA) is 106 Å². The summed E-state index contributed by atoms with van der Waals surface area (Å²) >= 11 is 0. The van der Waals surface area contributed by atoms with Crippen LogP contribution in [0, 0.1) is 0 Å². The van der Waals surface area contributed by atoms with Crippen molar-refractivity contribution < 1.29 is 14.6 Å². The van der Waals surface area contributed by atoms with Gasteiger partial charge in [-0.25, -0.2) is 9.78 Å². The summed E-state index contributed by atoms with van der Waals surface area (Å²) in [6.45, 7) is 4.39. The third-order valence-corrected chi connectivity index (χ3v) is 4.21. The molecule has 0 bridgehead atoms. The lowest BCUT2D eigenvalue weighted by atomic mass is 10.0. The van der Waals surface area contributed by atoms with Crippen LogP contribution >= 0.6 is 0 Å². The molecule has 1 aliphatic heterocycles. The van der Waals surface area contributed by atoms with Gasteiger partial charge in [0.05, 0.1) is 12.3 Å². The van der Waals surface area contributed by atoms with Crippen molar-refractivity contribution in [3.8, 4) is 5.75 Å². The lowest BCUT2D eigenvalue weighted by Crippen LogP contribution is -2.37. The smallest absolute Gasteiger partial charge is 0.342 e. The summed E-state index contributed by atoms with van der Waals surface area (Å²) in [5, 5.41) is 13.5. The maximum Gasteiger partial charge on any atom is 0.342 e. The molecule has 3 rings (SSSR count). The average molecular weight is 356 g/mol. The summed E-state index contributed by atoms with van der Waals surface area (Å²) in [5.74, 6) is -0.101. The van der Waals surface area contributed by atoms with E-state index < -0.39 is 11.5 Å². The molecule has 1 aromatic heterocycles. The summed E-state index contributed by atoms with van der Waals surface area (Å²) in [6, 6.07) is 7.23. The van der Waals surface area contributed by atoms with Crippen LogP contribution in [0.15, 0.2) is 40.4 Å². The van der Waals surface area contributed by atoms with Crippen LogP contribution in [-0.4, -0.2) is 32.9 Å². The quantitative estimate of drug-likeness (QED) is 0.798. The molecule has 136 valence electrons. The van der Waals surface area contributed by atoms with E-state index in [1.807, 2.05) is 38.1 Å². The van der Waals surface area contributed by atoms with Crippen molar-refractivity contribution in [3.63, 3.8) is 0 Å². The van der Waals surface area contributed by atoms with E-state index in [2.05, 4.69) is 15.5 Å². The maximum atomic E-state index is 12.4. The second-order valence-electron chi connectivity index (χ2n) is 5.99. The van der Waals surface area contributed by atoms with Crippen LogP contribution in [0.25, 0.3) is 0 Å². The van der Waals surface area contributed by atoms with Gasteiger partial charge in [-0.15, -0.1) is 0 Å². The Morgan fingerprint density at radius 3 is 2.81 bits per heavy atom. The first-order valence-electron chi connectivity index (χ1n) is 8.42. The van der Waals surface area contributed by atoms with Gasteiger partial charge in [0.1, 0.15) is 17.0 Å². The number of benzene rings is 1. The Balaban J connectivity index is 1.89. The molecule has 0 fully saturated rings. The van der Waals surface area contributed by atoms with Crippen LogP contribution in [0.3, 0.4) is 0 Å². The molecule has 2 heterocycles. The zero-order valence-electron chi connectivity index (χ0n) is 14.6. The molecule has 1 aliphatic rings. The number of ether oxygens (including phenoxy) is 1. The van der Waals surface area contributed by atoms with Gasteiger partial charge in [0, 0.05) is 12.2 Å². The van der Waals surface area contributed by atoms with Crippen LogP contribution < -0.4 is 15.7 Å². The van der Waals surface area contributed by atoms with E-state index in [0.717, 1.165) is 17.6 Å². The number of nitrogens with zero attached hydrogens (tertiary/aromatic N) is 3. The molecule has 0 aliphatic carbocycles. The summed E-state index contributed by atoms with van der Waals surface area (Å²) in [5.41, 5.74) is 3.46. The van der Waals surface area contributed by atoms with Gasteiger partial charge in [-0.05, 0) is 51.0 Å². The Bertz CT molecular complexity index is 902. The predicted molar refractivity (Wildman–Crippen MR) is 97.2 cm³/mol. The average Bonchev–Trinajstić information content (AvgIpc) is 2.62. The molecule has 2 N–H and O–H groups in total. The van der Waals surface area contributed by atoms with Gasteiger partial charge in [0.2, 0.25) is 0 Å². The molecule has 0 saturated heterocycles. The molecule has 1 atom stereocenters. The van der Waals surface area contributed by atoms with Gasteiger partial charge in [-0.1, -0.05) is 0 Å². The second kappa shape index (κ2) is 7.38. The van der Waals surface area contributed by atoms with Crippen molar-refractivity contribution in [1.29, 1.82) is 0 Å². The van der Waals surface area contributed by atoms with Crippen LogP contribution in [-0.2, 0) is 0 Å². The number of carbonyl (C=O) groups is 1. The molecule has 8 nitrogen and oxygen atoms in total. The van der Waals surface area contributed by atoms with Crippen molar-refractivity contribution in [2.45, 2.75) is 32.7 Å². The van der Waals surface area contributed by atoms with E-state index in [4.69, 9.17) is 9.84 Å². The zero-order chi connectivity index (χ0) is 18.7. The molecule has 26 heavy (non-hydrogen) atoms. The van der Waals surface area contributed by atoms with Gasteiger partial charge in [0.25, 0.3) is 5.56 Å². The molecule has 0 radical (unpaired) electrons. The predicted octanol–water partition coefficient (Wildman–Crippen LogP) is 2.51. The molecule has 0 amide bonds. The lowest BCUT2D eigenvalue weighted by molar-refractivity contribution is 0.0693. The minimum absolute atomic E-state index is 0.131.